The first-order chi connectivity index (χ1) is 11.6. The van der Waals surface area contributed by atoms with E-state index >= 15 is 0 Å². The zero-order valence-corrected chi connectivity index (χ0v) is 12.9. The molecule has 3 aromatic rings. The molecule has 1 aromatic heterocycles. The van der Waals surface area contributed by atoms with Gasteiger partial charge in [-0.15, -0.1) is 5.10 Å². The molecule has 0 aliphatic rings. The first kappa shape index (κ1) is 15.4. The number of anilines is 2. The van der Waals surface area contributed by atoms with Crippen LogP contribution in [0.15, 0.2) is 60.7 Å². The number of carbonyl (C=O) groups excluding carboxylic acids is 2. The summed E-state index contributed by atoms with van der Waals surface area (Å²) in [5, 5.41) is 9.49. The number of carbonyl (C=O) groups is 2. The van der Waals surface area contributed by atoms with E-state index < -0.39 is 0 Å². The average molecular weight is 321 g/mol. The number of hydrogen-bond donors (Lipinski definition) is 2. The molecule has 24 heavy (non-hydrogen) atoms. The van der Waals surface area contributed by atoms with Crippen molar-refractivity contribution in [1.82, 2.24) is 14.8 Å². The van der Waals surface area contributed by atoms with E-state index in [4.69, 9.17) is 0 Å². The van der Waals surface area contributed by atoms with Gasteiger partial charge in [-0.25, -0.2) is 0 Å². The Labute approximate surface area is 138 Å². The van der Waals surface area contributed by atoms with Crippen LogP contribution in [0, 0.1) is 0 Å². The van der Waals surface area contributed by atoms with Gasteiger partial charge < -0.3 is 0 Å². The number of nitrogens with one attached hydrogen (secondary N) is 2. The standard InChI is InChI=1S/C17H15N5O2/c1-12(23)18-17-20-16(19-15(24)13-8-4-2-5-9-13)21-22(17)14-10-6-3-7-11-14/h2-11H,1H3,(H2,18,19,20,21,23,24). The van der Waals surface area contributed by atoms with Crippen LogP contribution in [0.4, 0.5) is 11.9 Å². The molecule has 2 aromatic carbocycles. The van der Waals surface area contributed by atoms with Crippen LogP contribution in [0.5, 0.6) is 0 Å². The molecule has 0 bridgehead atoms. The smallest absolute Gasteiger partial charge is 0.258 e. The number of benzene rings is 2. The fourth-order valence-electron chi connectivity index (χ4n) is 2.12. The maximum atomic E-state index is 12.2. The highest BCUT2D eigenvalue weighted by atomic mass is 16.2. The number of aromatic nitrogens is 3. The summed E-state index contributed by atoms with van der Waals surface area (Å²) in [7, 11) is 0. The van der Waals surface area contributed by atoms with Crippen molar-refractivity contribution >= 4 is 23.7 Å². The maximum absolute atomic E-state index is 12.2. The minimum Gasteiger partial charge on any atom is -0.295 e. The lowest BCUT2D eigenvalue weighted by Gasteiger charge is -2.04. The van der Waals surface area contributed by atoms with Gasteiger partial charge in [0.2, 0.25) is 11.9 Å². The van der Waals surface area contributed by atoms with E-state index in [0.717, 1.165) is 0 Å². The summed E-state index contributed by atoms with van der Waals surface area (Å²) in [6, 6.07) is 18.0. The Morgan fingerprint density at radius 1 is 0.917 bits per heavy atom. The first-order valence-corrected chi connectivity index (χ1v) is 7.30. The molecule has 1 heterocycles. The second-order valence-corrected chi connectivity index (χ2v) is 5.01. The molecular weight excluding hydrogens is 306 g/mol. The summed E-state index contributed by atoms with van der Waals surface area (Å²) in [6.45, 7) is 1.38. The van der Waals surface area contributed by atoms with E-state index in [1.807, 2.05) is 36.4 Å². The van der Waals surface area contributed by atoms with Crippen LogP contribution in [0.25, 0.3) is 5.69 Å². The fourth-order valence-corrected chi connectivity index (χ4v) is 2.12. The highest BCUT2D eigenvalue weighted by molar-refractivity contribution is 6.03. The van der Waals surface area contributed by atoms with E-state index in [9.17, 15) is 9.59 Å². The van der Waals surface area contributed by atoms with E-state index in [1.54, 1.807) is 24.3 Å². The Bertz CT molecular complexity index is 859. The van der Waals surface area contributed by atoms with E-state index in [1.165, 1.54) is 11.6 Å². The highest BCUT2D eigenvalue weighted by Gasteiger charge is 2.15. The average Bonchev–Trinajstić information content (AvgIpc) is 2.98. The van der Waals surface area contributed by atoms with Gasteiger partial charge in [-0.3, -0.25) is 20.2 Å². The summed E-state index contributed by atoms with van der Waals surface area (Å²) in [5.74, 6) is -0.260. The van der Waals surface area contributed by atoms with Gasteiger partial charge in [-0.05, 0) is 24.3 Å². The number of rotatable bonds is 4. The van der Waals surface area contributed by atoms with Gasteiger partial charge >= 0.3 is 0 Å². The first-order valence-electron chi connectivity index (χ1n) is 7.30. The third-order valence-electron chi connectivity index (χ3n) is 3.16. The summed E-state index contributed by atoms with van der Waals surface area (Å²) in [4.78, 5) is 27.8. The molecule has 7 heteroatoms. The molecule has 3 rings (SSSR count). The van der Waals surface area contributed by atoms with E-state index in [2.05, 4.69) is 20.7 Å². The number of hydrogen-bond acceptors (Lipinski definition) is 4. The molecule has 0 saturated heterocycles. The third kappa shape index (κ3) is 3.46. The SMILES string of the molecule is CC(=O)Nc1nc(NC(=O)c2ccccc2)nn1-c1ccccc1. The minimum absolute atomic E-state index is 0.108. The Hall–Kier alpha value is -3.48. The number of para-hydroxylation sites is 1. The molecule has 2 N–H and O–H groups in total. The molecule has 2 amide bonds. The van der Waals surface area contributed by atoms with Gasteiger partial charge in [0.1, 0.15) is 0 Å². The molecule has 0 aliphatic heterocycles. The van der Waals surface area contributed by atoms with Crippen molar-refractivity contribution in [1.29, 1.82) is 0 Å². The van der Waals surface area contributed by atoms with Gasteiger partial charge in [-0.2, -0.15) is 9.67 Å². The summed E-state index contributed by atoms with van der Waals surface area (Å²) in [6.07, 6.45) is 0. The summed E-state index contributed by atoms with van der Waals surface area (Å²) in [5.41, 5.74) is 1.21. The van der Waals surface area contributed by atoms with Crippen LogP contribution >= 0.6 is 0 Å². The van der Waals surface area contributed by atoms with Crippen LogP contribution in [0.3, 0.4) is 0 Å². The van der Waals surface area contributed by atoms with Crippen molar-refractivity contribution in [3.8, 4) is 5.69 Å². The van der Waals surface area contributed by atoms with Crippen molar-refractivity contribution in [3.63, 3.8) is 0 Å². The predicted octanol–water partition coefficient (Wildman–Crippen LogP) is 2.48. The summed E-state index contributed by atoms with van der Waals surface area (Å²) < 4.78 is 1.46. The second kappa shape index (κ2) is 6.74. The Balaban J connectivity index is 1.91. The van der Waals surface area contributed by atoms with Crippen LogP contribution in [0.2, 0.25) is 0 Å². The monoisotopic (exact) mass is 321 g/mol. The molecule has 0 atom stereocenters. The van der Waals surface area contributed by atoms with Crippen molar-refractivity contribution in [2.24, 2.45) is 0 Å². The molecule has 120 valence electrons. The predicted molar refractivity (Wildman–Crippen MR) is 90.1 cm³/mol. The zero-order valence-electron chi connectivity index (χ0n) is 12.9. The van der Waals surface area contributed by atoms with Crippen molar-refractivity contribution in [2.45, 2.75) is 6.92 Å². The quantitative estimate of drug-likeness (QED) is 0.772. The number of nitrogens with zero attached hydrogens (tertiary/aromatic N) is 3. The lowest BCUT2D eigenvalue weighted by molar-refractivity contribution is -0.114. The maximum Gasteiger partial charge on any atom is 0.258 e. The number of amides is 2. The molecule has 7 nitrogen and oxygen atoms in total. The van der Waals surface area contributed by atoms with Crippen molar-refractivity contribution in [2.75, 3.05) is 10.6 Å². The summed E-state index contributed by atoms with van der Waals surface area (Å²) >= 11 is 0. The molecule has 0 unspecified atom stereocenters. The van der Waals surface area contributed by atoms with Crippen LogP contribution in [0.1, 0.15) is 17.3 Å². The van der Waals surface area contributed by atoms with Crippen LogP contribution in [-0.2, 0) is 4.79 Å². The fraction of sp³-hybridized carbons (Fsp3) is 0.0588. The van der Waals surface area contributed by atoms with Gasteiger partial charge in [-0.1, -0.05) is 36.4 Å². The molecular formula is C17H15N5O2. The van der Waals surface area contributed by atoms with E-state index in [0.29, 0.717) is 11.3 Å². The molecule has 0 spiro atoms. The Morgan fingerprint density at radius 2 is 1.54 bits per heavy atom. The zero-order chi connectivity index (χ0) is 16.9. The van der Waals surface area contributed by atoms with Crippen LogP contribution in [-0.4, -0.2) is 26.6 Å². The molecule has 0 fully saturated rings. The lowest BCUT2D eigenvalue weighted by Crippen LogP contribution is -2.13. The molecule has 0 radical (unpaired) electrons. The van der Waals surface area contributed by atoms with Crippen molar-refractivity contribution in [3.05, 3.63) is 66.2 Å². The third-order valence-corrected chi connectivity index (χ3v) is 3.16. The Kier molecular flexibility index (Phi) is 4.33. The van der Waals surface area contributed by atoms with E-state index in [-0.39, 0.29) is 23.7 Å². The minimum atomic E-state index is -0.324. The largest absolute Gasteiger partial charge is 0.295 e. The van der Waals surface area contributed by atoms with Crippen LogP contribution < -0.4 is 10.6 Å². The van der Waals surface area contributed by atoms with Gasteiger partial charge in [0.25, 0.3) is 11.9 Å². The molecule has 0 aliphatic carbocycles. The van der Waals surface area contributed by atoms with Crippen molar-refractivity contribution < 1.29 is 9.59 Å². The molecule has 0 saturated carbocycles. The van der Waals surface area contributed by atoms with Gasteiger partial charge in [0.05, 0.1) is 5.69 Å². The Morgan fingerprint density at radius 3 is 2.17 bits per heavy atom. The highest BCUT2D eigenvalue weighted by Crippen LogP contribution is 2.16. The van der Waals surface area contributed by atoms with Gasteiger partial charge in [0, 0.05) is 12.5 Å². The topological polar surface area (TPSA) is 88.9 Å². The normalized spacial score (nSPS) is 10.2. The van der Waals surface area contributed by atoms with Gasteiger partial charge in [0.15, 0.2) is 0 Å². The second-order valence-electron chi connectivity index (χ2n) is 5.01. The lowest BCUT2D eigenvalue weighted by atomic mass is 10.2.